The number of nitrogens with two attached hydrogens (primary N) is 1. The van der Waals surface area contributed by atoms with E-state index in [-0.39, 0.29) is 11.9 Å². The number of carbonyl (C=O) groups is 1. The molecule has 1 aliphatic carbocycles. The van der Waals surface area contributed by atoms with Gasteiger partial charge in [-0.25, -0.2) is 4.98 Å². The number of nitrogen functional groups attached to an aromatic ring is 1. The van der Waals surface area contributed by atoms with Gasteiger partial charge in [-0.15, -0.1) is 11.3 Å². The average molecular weight is 273 g/mol. The van der Waals surface area contributed by atoms with Crippen molar-refractivity contribution in [1.29, 1.82) is 0 Å². The van der Waals surface area contributed by atoms with Crippen LogP contribution >= 0.6 is 11.3 Å². The van der Waals surface area contributed by atoms with Crippen LogP contribution in [0, 0.1) is 6.92 Å². The van der Waals surface area contributed by atoms with Crippen molar-refractivity contribution in [3.8, 4) is 0 Å². The molecule has 19 heavy (non-hydrogen) atoms. The molecule has 4 nitrogen and oxygen atoms in total. The minimum Gasteiger partial charge on any atom is -0.399 e. The molecule has 5 heteroatoms. The van der Waals surface area contributed by atoms with Gasteiger partial charge in [0.05, 0.1) is 11.0 Å². The van der Waals surface area contributed by atoms with Gasteiger partial charge in [0, 0.05) is 11.1 Å². The van der Waals surface area contributed by atoms with Crippen molar-refractivity contribution in [3.05, 3.63) is 45.4 Å². The first-order chi connectivity index (χ1) is 9.13. The van der Waals surface area contributed by atoms with Crippen LogP contribution in [0.3, 0.4) is 0 Å². The largest absolute Gasteiger partial charge is 0.399 e. The van der Waals surface area contributed by atoms with Crippen molar-refractivity contribution in [2.24, 2.45) is 0 Å². The molecule has 1 aromatic carbocycles. The van der Waals surface area contributed by atoms with Crippen molar-refractivity contribution < 1.29 is 4.79 Å². The van der Waals surface area contributed by atoms with Crippen LogP contribution in [-0.2, 0) is 6.42 Å². The molecule has 2 aromatic rings. The Morgan fingerprint density at radius 2 is 2.37 bits per heavy atom. The molecule has 1 aliphatic rings. The minimum absolute atomic E-state index is 0.0742. The molecule has 0 fully saturated rings. The van der Waals surface area contributed by atoms with E-state index in [0.717, 1.165) is 23.5 Å². The maximum atomic E-state index is 12.1. The lowest BCUT2D eigenvalue weighted by Crippen LogP contribution is -2.27. The number of aryl methyl sites for hydroxylation is 2. The third kappa shape index (κ3) is 2.33. The standard InChI is InChI=1S/C14H15N3OS/c1-8-16-13(7-19-8)14(18)17-12-5-2-9-6-10(15)3-4-11(9)12/h3-4,6-7,12H,2,5,15H2,1H3,(H,17,18). The molecule has 1 amide bonds. The van der Waals surface area contributed by atoms with E-state index in [9.17, 15) is 4.79 Å². The molecule has 0 radical (unpaired) electrons. The summed E-state index contributed by atoms with van der Waals surface area (Å²) in [6, 6.07) is 5.96. The normalized spacial score (nSPS) is 17.2. The number of thiazole rings is 1. The van der Waals surface area contributed by atoms with Gasteiger partial charge in [0.25, 0.3) is 5.91 Å². The minimum atomic E-state index is -0.0981. The summed E-state index contributed by atoms with van der Waals surface area (Å²) < 4.78 is 0. The van der Waals surface area contributed by atoms with E-state index >= 15 is 0 Å². The highest BCUT2D eigenvalue weighted by atomic mass is 32.1. The first-order valence-electron chi connectivity index (χ1n) is 6.25. The number of carbonyl (C=O) groups excluding carboxylic acids is 1. The van der Waals surface area contributed by atoms with Gasteiger partial charge < -0.3 is 11.1 Å². The summed E-state index contributed by atoms with van der Waals surface area (Å²) in [5, 5.41) is 5.75. The first kappa shape index (κ1) is 12.2. The summed E-state index contributed by atoms with van der Waals surface area (Å²) in [7, 11) is 0. The van der Waals surface area contributed by atoms with Crippen LogP contribution in [0.25, 0.3) is 0 Å². The number of anilines is 1. The van der Waals surface area contributed by atoms with Gasteiger partial charge in [-0.05, 0) is 43.0 Å². The van der Waals surface area contributed by atoms with Crippen LogP contribution in [0.5, 0.6) is 0 Å². The maximum absolute atomic E-state index is 12.1. The Kier molecular flexibility index (Phi) is 2.98. The van der Waals surface area contributed by atoms with E-state index in [1.54, 1.807) is 5.38 Å². The Labute approximate surface area is 115 Å². The van der Waals surface area contributed by atoms with Gasteiger partial charge in [0.2, 0.25) is 0 Å². The number of benzene rings is 1. The Morgan fingerprint density at radius 3 is 3.11 bits per heavy atom. The summed E-state index contributed by atoms with van der Waals surface area (Å²) in [5.74, 6) is -0.0981. The average Bonchev–Trinajstić information content (AvgIpc) is 2.96. The number of fused-ring (bicyclic) bond motifs is 1. The molecule has 0 saturated heterocycles. The highest BCUT2D eigenvalue weighted by molar-refractivity contribution is 7.09. The fraction of sp³-hybridized carbons (Fsp3) is 0.286. The summed E-state index contributed by atoms with van der Waals surface area (Å²) >= 11 is 1.49. The number of hydrogen-bond acceptors (Lipinski definition) is 4. The van der Waals surface area contributed by atoms with Crippen LogP contribution in [0.2, 0.25) is 0 Å². The van der Waals surface area contributed by atoms with Crippen molar-refractivity contribution >= 4 is 22.9 Å². The van der Waals surface area contributed by atoms with Crippen LogP contribution in [0.15, 0.2) is 23.6 Å². The van der Waals surface area contributed by atoms with E-state index in [0.29, 0.717) is 5.69 Å². The van der Waals surface area contributed by atoms with Gasteiger partial charge in [-0.3, -0.25) is 4.79 Å². The highest BCUT2D eigenvalue weighted by Gasteiger charge is 2.24. The molecular formula is C14H15N3OS. The highest BCUT2D eigenvalue weighted by Crippen LogP contribution is 2.32. The van der Waals surface area contributed by atoms with Crippen LogP contribution < -0.4 is 11.1 Å². The fourth-order valence-corrected chi connectivity index (χ4v) is 3.08. The van der Waals surface area contributed by atoms with E-state index < -0.39 is 0 Å². The van der Waals surface area contributed by atoms with Crippen molar-refractivity contribution in [1.82, 2.24) is 10.3 Å². The van der Waals surface area contributed by atoms with E-state index in [2.05, 4.69) is 10.3 Å². The van der Waals surface area contributed by atoms with Gasteiger partial charge >= 0.3 is 0 Å². The zero-order chi connectivity index (χ0) is 13.4. The number of hydrogen-bond donors (Lipinski definition) is 2. The molecule has 1 unspecified atom stereocenters. The second-order valence-electron chi connectivity index (χ2n) is 4.77. The maximum Gasteiger partial charge on any atom is 0.271 e. The molecule has 0 spiro atoms. The number of rotatable bonds is 2. The smallest absolute Gasteiger partial charge is 0.271 e. The Morgan fingerprint density at radius 1 is 1.53 bits per heavy atom. The molecule has 1 atom stereocenters. The predicted molar refractivity (Wildman–Crippen MR) is 76.2 cm³/mol. The van der Waals surface area contributed by atoms with Gasteiger partial charge in [0.15, 0.2) is 0 Å². The zero-order valence-corrected chi connectivity index (χ0v) is 11.5. The molecule has 0 bridgehead atoms. The Hall–Kier alpha value is -1.88. The number of nitrogens with one attached hydrogen (secondary N) is 1. The quantitative estimate of drug-likeness (QED) is 0.826. The Bertz CT molecular complexity index is 635. The van der Waals surface area contributed by atoms with Crippen molar-refractivity contribution in [2.75, 3.05) is 5.73 Å². The van der Waals surface area contributed by atoms with E-state index in [1.807, 2.05) is 25.1 Å². The lowest BCUT2D eigenvalue weighted by atomic mass is 10.1. The number of aromatic nitrogens is 1. The molecule has 0 aliphatic heterocycles. The Balaban J connectivity index is 1.78. The fourth-order valence-electron chi connectivity index (χ4n) is 2.49. The monoisotopic (exact) mass is 273 g/mol. The molecule has 98 valence electrons. The van der Waals surface area contributed by atoms with Crippen molar-refractivity contribution in [2.45, 2.75) is 25.8 Å². The second-order valence-corrected chi connectivity index (χ2v) is 5.84. The van der Waals surface area contributed by atoms with Crippen molar-refractivity contribution in [3.63, 3.8) is 0 Å². The second kappa shape index (κ2) is 4.66. The topological polar surface area (TPSA) is 68.0 Å². The van der Waals surface area contributed by atoms with Crippen LogP contribution in [0.1, 0.15) is 39.1 Å². The summed E-state index contributed by atoms with van der Waals surface area (Å²) in [5.41, 5.74) is 9.47. The van der Waals surface area contributed by atoms with Crippen LogP contribution in [-0.4, -0.2) is 10.9 Å². The predicted octanol–water partition coefficient (Wildman–Crippen LogP) is 2.45. The lowest BCUT2D eigenvalue weighted by Gasteiger charge is -2.13. The number of nitrogens with zero attached hydrogens (tertiary/aromatic N) is 1. The first-order valence-corrected chi connectivity index (χ1v) is 7.13. The van der Waals surface area contributed by atoms with Gasteiger partial charge in [-0.1, -0.05) is 6.07 Å². The summed E-state index contributed by atoms with van der Waals surface area (Å²) in [6.07, 6.45) is 1.88. The SMILES string of the molecule is Cc1nc(C(=O)NC2CCc3cc(N)ccc32)cs1. The van der Waals surface area contributed by atoms with E-state index in [4.69, 9.17) is 5.73 Å². The molecule has 1 heterocycles. The molecule has 3 N–H and O–H groups in total. The molecule has 1 aromatic heterocycles. The molecule has 3 rings (SSSR count). The number of amides is 1. The van der Waals surface area contributed by atoms with Gasteiger partial charge in [-0.2, -0.15) is 0 Å². The summed E-state index contributed by atoms with van der Waals surface area (Å²) in [4.78, 5) is 16.3. The third-order valence-electron chi connectivity index (χ3n) is 3.40. The lowest BCUT2D eigenvalue weighted by molar-refractivity contribution is 0.0932. The van der Waals surface area contributed by atoms with Gasteiger partial charge in [0.1, 0.15) is 5.69 Å². The van der Waals surface area contributed by atoms with Crippen LogP contribution in [0.4, 0.5) is 5.69 Å². The third-order valence-corrected chi connectivity index (χ3v) is 4.18. The molecule has 0 saturated carbocycles. The molecular weight excluding hydrogens is 258 g/mol. The zero-order valence-electron chi connectivity index (χ0n) is 10.6. The van der Waals surface area contributed by atoms with E-state index in [1.165, 1.54) is 22.5 Å². The summed E-state index contributed by atoms with van der Waals surface area (Å²) in [6.45, 7) is 1.90.